The third-order valence-corrected chi connectivity index (χ3v) is 3.74. The third-order valence-electron chi connectivity index (χ3n) is 2.81. The summed E-state index contributed by atoms with van der Waals surface area (Å²) in [5.74, 6) is 0.349. The van der Waals surface area contributed by atoms with E-state index in [2.05, 4.69) is 26.1 Å². The van der Waals surface area contributed by atoms with Gasteiger partial charge in [-0.05, 0) is 41.1 Å². The van der Waals surface area contributed by atoms with Gasteiger partial charge in [0.2, 0.25) is 0 Å². The number of aryl methyl sites for hydroxylation is 1. The minimum atomic E-state index is -0.330. The normalized spacial score (nSPS) is 11.3. The van der Waals surface area contributed by atoms with Crippen LogP contribution >= 0.6 is 28.1 Å². The van der Waals surface area contributed by atoms with Crippen LogP contribution < -0.4 is 0 Å². The van der Waals surface area contributed by atoms with Crippen LogP contribution in [0.4, 0.5) is 4.39 Å². The molecule has 0 saturated heterocycles. The maximum Gasteiger partial charge on any atom is 0.178 e. The summed E-state index contributed by atoms with van der Waals surface area (Å²) in [6.07, 6.45) is 0. The maximum absolute atomic E-state index is 13.6. The van der Waals surface area contributed by atoms with Crippen molar-refractivity contribution >= 4 is 39.2 Å². The number of H-pyrrole nitrogens is 1. The van der Waals surface area contributed by atoms with E-state index in [1.165, 1.54) is 6.07 Å². The lowest BCUT2D eigenvalue weighted by molar-refractivity contribution is 0.373. The van der Waals surface area contributed by atoms with E-state index in [1.54, 1.807) is 10.6 Å². The SMILES string of the molecule is Cc1cc(Cn2c(=S)[nH]c3cc(Br)c(F)cc32)on1. The van der Waals surface area contributed by atoms with E-state index in [1.807, 2.05) is 13.0 Å². The first kappa shape index (κ1) is 12.6. The average molecular weight is 342 g/mol. The molecule has 0 aliphatic carbocycles. The van der Waals surface area contributed by atoms with Crippen molar-refractivity contribution in [1.29, 1.82) is 0 Å². The highest BCUT2D eigenvalue weighted by atomic mass is 79.9. The van der Waals surface area contributed by atoms with Gasteiger partial charge < -0.3 is 14.1 Å². The van der Waals surface area contributed by atoms with E-state index in [0.717, 1.165) is 11.2 Å². The number of hydrogen-bond donors (Lipinski definition) is 1. The van der Waals surface area contributed by atoms with Gasteiger partial charge in [0, 0.05) is 12.1 Å². The number of nitrogens with zero attached hydrogens (tertiary/aromatic N) is 2. The Kier molecular flexibility index (Phi) is 3.02. The molecule has 0 fully saturated rings. The molecule has 7 heteroatoms. The zero-order chi connectivity index (χ0) is 13.6. The standard InChI is InChI=1S/C12H9BrFN3OS/c1-6-2-7(18-16-6)5-17-11-4-9(14)8(13)3-10(11)15-12(17)19/h2-4H,5H2,1H3,(H,15,19). The van der Waals surface area contributed by atoms with Gasteiger partial charge in [0.15, 0.2) is 10.5 Å². The van der Waals surface area contributed by atoms with Gasteiger partial charge in [-0.2, -0.15) is 0 Å². The monoisotopic (exact) mass is 341 g/mol. The fraction of sp³-hybridized carbons (Fsp3) is 0.167. The second-order valence-electron chi connectivity index (χ2n) is 4.23. The van der Waals surface area contributed by atoms with Crippen molar-refractivity contribution in [3.05, 3.63) is 44.7 Å². The van der Waals surface area contributed by atoms with Crippen LogP contribution in [0.1, 0.15) is 11.5 Å². The predicted molar refractivity (Wildman–Crippen MR) is 75.1 cm³/mol. The number of hydrogen-bond acceptors (Lipinski definition) is 3. The molecular weight excluding hydrogens is 333 g/mol. The Morgan fingerprint density at radius 2 is 2.26 bits per heavy atom. The van der Waals surface area contributed by atoms with Crippen LogP contribution in [-0.4, -0.2) is 14.7 Å². The first-order chi connectivity index (χ1) is 9.04. The quantitative estimate of drug-likeness (QED) is 0.718. The molecule has 0 unspecified atom stereocenters. The minimum absolute atomic E-state index is 0.330. The topological polar surface area (TPSA) is 46.8 Å². The Morgan fingerprint density at radius 1 is 1.47 bits per heavy atom. The summed E-state index contributed by atoms with van der Waals surface area (Å²) < 4.78 is 21.5. The lowest BCUT2D eigenvalue weighted by Gasteiger charge is -2.01. The molecule has 2 heterocycles. The highest BCUT2D eigenvalue weighted by Crippen LogP contribution is 2.23. The van der Waals surface area contributed by atoms with Gasteiger partial charge >= 0.3 is 0 Å². The summed E-state index contributed by atoms with van der Waals surface area (Å²) in [7, 11) is 0. The largest absolute Gasteiger partial charge is 0.359 e. The zero-order valence-corrected chi connectivity index (χ0v) is 12.3. The number of halogens is 2. The molecule has 19 heavy (non-hydrogen) atoms. The van der Waals surface area contributed by atoms with Crippen LogP contribution in [0, 0.1) is 17.5 Å². The summed E-state index contributed by atoms with van der Waals surface area (Å²) >= 11 is 8.41. The summed E-state index contributed by atoms with van der Waals surface area (Å²) in [6.45, 7) is 2.26. The lowest BCUT2D eigenvalue weighted by atomic mass is 10.3. The number of imidazole rings is 1. The number of fused-ring (bicyclic) bond motifs is 1. The van der Waals surface area contributed by atoms with Gasteiger partial charge in [-0.1, -0.05) is 5.16 Å². The minimum Gasteiger partial charge on any atom is -0.359 e. The smallest absolute Gasteiger partial charge is 0.178 e. The number of rotatable bonds is 2. The Balaban J connectivity index is 2.15. The summed E-state index contributed by atoms with van der Waals surface area (Å²) in [4.78, 5) is 3.04. The van der Waals surface area contributed by atoms with Crippen molar-refractivity contribution in [3.63, 3.8) is 0 Å². The molecule has 0 saturated carbocycles. The van der Waals surface area contributed by atoms with Crippen LogP contribution in [0.15, 0.2) is 27.2 Å². The molecule has 4 nitrogen and oxygen atoms in total. The van der Waals surface area contributed by atoms with Crippen molar-refractivity contribution in [1.82, 2.24) is 14.7 Å². The molecule has 1 N–H and O–H groups in total. The van der Waals surface area contributed by atoms with Gasteiger partial charge in [0.05, 0.1) is 27.7 Å². The molecule has 0 spiro atoms. The third kappa shape index (κ3) is 2.23. The summed E-state index contributed by atoms with van der Waals surface area (Å²) in [5, 5.41) is 3.82. The van der Waals surface area contributed by atoms with Crippen molar-refractivity contribution in [3.8, 4) is 0 Å². The van der Waals surface area contributed by atoms with E-state index < -0.39 is 0 Å². The molecule has 1 aromatic carbocycles. The fourth-order valence-electron chi connectivity index (χ4n) is 1.96. The van der Waals surface area contributed by atoms with Crippen molar-refractivity contribution in [2.75, 3.05) is 0 Å². The molecule has 0 amide bonds. The second-order valence-corrected chi connectivity index (χ2v) is 5.48. The van der Waals surface area contributed by atoms with E-state index in [0.29, 0.717) is 27.1 Å². The average Bonchev–Trinajstić information content (AvgIpc) is 2.87. The second kappa shape index (κ2) is 4.57. The van der Waals surface area contributed by atoms with Gasteiger partial charge in [-0.3, -0.25) is 0 Å². The summed E-state index contributed by atoms with van der Waals surface area (Å²) in [6, 6.07) is 4.94. The van der Waals surface area contributed by atoms with Crippen LogP contribution in [0.3, 0.4) is 0 Å². The number of aromatic amines is 1. The maximum atomic E-state index is 13.6. The van der Waals surface area contributed by atoms with Crippen LogP contribution in [0.5, 0.6) is 0 Å². The molecule has 0 aliphatic rings. The first-order valence-corrected chi connectivity index (χ1v) is 6.74. The molecule has 0 aliphatic heterocycles. The molecule has 3 rings (SSSR count). The highest BCUT2D eigenvalue weighted by molar-refractivity contribution is 9.10. The van der Waals surface area contributed by atoms with Gasteiger partial charge in [0.25, 0.3) is 0 Å². The molecule has 0 bridgehead atoms. The Morgan fingerprint density at radius 3 is 2.95 bits per heavy atom. The first-order valence-electron chi connectivity index (χ1n) is 5.54. The molecule has 0 radical (unpaired) electrons. The molecule has 2 aromatic heterocycles. The lowest BCUT2D eigenvalue weighted by Crippen LogP contribution is -1.98. The number of nitrogens with one attached hydrogen (secondary N) is 1. The van der Waals surface area contributed by atoms with Crippen molar-refractivity contribution < 1.29 is 8.91 Å². The van der Waals surface area contributed by atoms with Gasteiger partial charge in [-0.15, -0.1) is 0 Å². The Hall–Kier alpha value is -1.47. The van der Waals surface area contributed by atoms with E-state index in [9.17, 15) is 4.39 Å². The summed E-state index contributed by atoms with van der Waals surface area (Å²) in [5.41, 5.74) is 2.27. The Bertz CT molecular complexity index is 820. The number of aromatic nitrogens is 3. The van der Waals surface area contributed by atoms with Crippen LogP contribution in [-0.2, 0) is 6.54 Å². The van der Waals surface area contributed by atoms with E-state index >= 15 is 0 Å². The van der Waals surface area contributed by atoms with Gasteiger partial charge in [0.1, 0.15) is 5.82 Å². The molecule has 98 valence electrons. The highest BCUT2D eigenvalue weighted by Gasteiger charge is 2.11. The van der Waals surface area contributed by atoms with E-state index in [4.69, 9.17) is 16.7 Å². The van der Waals surface area contributed by atoms with E-state index in [-0.39, 0.29) is 5.82 Å². The van der Waals surface area contributed by atoms with Crippen molar-refractivity contribution in [2.24, 2.45) is 0 Å². The van der Waals surface area contributed by atoms with Gasteiger partial charge in [-0.25, -0.2) is 4.39 Å². The fourth-order valence-corrected chi connectivity index (χ4v) is 2.57. The molecular formula is C12H9BrFN3OS. The zero-order valence-electron chi connectivity index (χ0n) is 9.91. The molecule has 0 atom stereocenters. The Labute approximate surface area is 121 Å². The number of benzene rings is 1. The van der Waals surface area contributed by atoms with Crippen LogP contribution in [0.25, 0.3) is 11.0 Å². The van der Waals surface area contributed by atoms with Crippen molar-refractivity contribution in [2.45, 2.75) is 13.5 Å². The van der Waals surface area contributed by atoms with Crippen LogP contribution in [0.2, 0.25) is 0 Å². The molecule has 3 aromatic rings. The predicted octanol–water partition coefficient (Wildman–Crippen LogP) is 3.95.